The monoisotopic (exact) mass is 387 g/mol. The Morgan fingerprint density at radius 1 is 1.22 bits per heavy atom. The highest BCUT2D eigenvalue weighted by molar-refractivity contribution is 6.31. The van der Waals surface area contributed by atoms with Crippen molar-refractivity contribution in [2.45, 2.75) is 50.6 Å². The number of amides is 3. The normalized spacial score (nSPS) is 42.4. The largest absolute Gasteiger partial charge is 0.369 e. The van der Waals surface area contributed by atoms with E-state index in [1.807, 2.05) is 36.1 Å². The summed E-state index contributed by atoms with van der Waals surface area (Å²) in [5.41, 5.74) is 5.95. The number of rotatable bonds is 3. The van der Waals surface area contributed by atoms with Gasteiger partial charge in [-0.25, -0.2) is 4.79 Å². The first-order valence-electron chi connectivity index (χ1n) is 9.95. The summed E-state index contributed by atoms with van der Waals surface area (Å²) in [5.74, 6) is 1.21. The van der Waals surface area contributed by atoms with Crippen LogP contribution in [0, 0.1) is 23.2 Å². The number of nitrogens with two attached hydrogens (primary N) is 1. The van der Waals surface area contributed by atoms with Crippen LogP contribution in [0.1, 0.15) is 44.6 Å². The first kappa shape index (κ1) is 17.4. The number of hydrogen-bond donors (Lipinski definition) is 2. The van der Waals surface area contributed by atoms with Crippen LogP contribution in [-0.4, -0.2) is 29.4 Å². The molecular weight excluding hydrogens is 362 g/mol. The van der Waals surface area contributed by atoms with Crippen molar-refractivity contribution in [2.75, 3.05) is 6.54 Å². The van der Waals surface area contributed by atoms with E-state index < -0.39 is 5.54 Å². The van der Waals surface area contributed by atoms with E-state index in [0.717, 1.165) is 37.7 Å². The van der Waals surface area contributed by atoms with Gasteiger partial charge in [0.25, 0.3) is 0 Å². The van der Waals surface area contributed by atoms with Gasteiger partial charge in [0, 0.05) is 23.0 Å². The SMILES string of the molecule is CC1(c2ccccc2Cl)CN(C2C3CC4CC2CC(C(N)=O)(C4)C3)C(=O)N1. The lowest BCUT2D eigenvalue weighted by atomic mass is 9.47. The first-order valence-corrected chi connectivity index (χ1v) is 10.3. The zero-order valence-corrected chi connectivity index (χ0v) is 16.3. The van der Waals surface area contributed by atoms with Crippen LogP contribution in [0.3, 0.4) is 0 Å². The maximum absolute atomic E-state index is 13.0. The van der Waals surface area contributed by atoms with E-state index in [1.165, 1.54) is 0 Å². The van der Waals surface area contributed by atoms with Crippen molar-refractivity contribution < 1.29 is 9.59 Å². The number of nitrogens with one attached hydrogen (secondary N) is 1. The van der Waals surface area contributed by atoms with Crippen molar-refractivity contribution in [1.29, 1.82) is 0 Å². The number of carbonyl (C=O) groups is 2. The minimum Gasteiger partial charge on any atom is -0.369 e. The molecule has 0 spiro atoms. The Bertz CT molecular complexity index is 811. The molecule has 3 unspecified atom stereocenters. The highest BCUT2D eigenvalue weighted by Crippen LogP contribution is 2.61. The van der Waals surface area contributed by atoms with Gasteiger partial charge in [-0.05, 0) is 68.4 Å². The van der Waals surface area contributed by atoms with Gasteiger partial charge in [-0.15, -0.1) is 0 Å². The Labute approximate surface area is 164 Å². The lowest BCUT2D eigenvalue weighted by Gasteiger charge is -2.60. The fraction of sp³-hybridized carbons (Fsp3) is 0.619. The van der Waals surface area contributed by atoms with Crippen LogP contribution in [0.2, 0.25) is 5.02 Å². The molecule has 1 aliphatic heterocycles. The minimum atomic E-state index is -0.495. The second-order valence-electron chi connectivity index (χ2n) is 9.48. The lowest BCUT2D eigenvalue weighted by Crippen LogP contribution is -2.62. The van der Waals surface area contributed by atoms with E-state index in [2.05, 4.69) is 5.32 Å². The number of benzene rings is 1. The summed E-state index contributed by atoms with van der Waals surface area (Å²) in [6.45, 7) is 2.66. The van der Waals surface area contributed by atoms with Crippen LogP contribution in [0.5, 0.6) is 0 Å². The Morgan fingerprint density at radius 3 is 2.52 bits per heavy atom. The van der Waals surface area contributed by atoms with Crippen molar-refractivity contribution in [3.05, 3.63) is 34.9 Å². The number of urea groups is 1. The molecule has 5 aliphatic rings. The van der Waals surface area contributed by atoms with Crippen LogP contribution in [-0.2, 0) is 10.3 Å². The maximum Gasteiger partial charge on any atom is 0.318 e. The van der Waals surface area contributed by atoms with Crippen LogP contribution >= 0.6 is 11.6 Å². The van der Waals surface area contributed by atoms with Gasteiger partial charge in [0.2, 0.25) is 5.91 Å². The van der Waals surface area contributed by atoms with E-state index in [0.29, 0.717) is 29.3 Å². The van der Waals surface area contributed by atoms with Gasteiger partial charge in [0.1, 0.15) is 0 Å². The van der Waals surface area contributed by atoms with Crippen LogP contribution < -0.4 is 11.1 Å². The Hall–Kier alpha value is -1.75. The summed E-state index contributed by atoms with van der Waals surface area (Å²) in [5, 5.41) is 3.87. The van der Waals surface area contributed by atoms with Crippen molar-refractivity contribution in [3.8, 4) is 0 Å². The third kappa shape index (κ3) is 2.43. The van der Waals surface area contributed by atoms with Gasteiger partial charge in [-0.2, -0.15) is 0 Å². The number of nitrogens with zero attached hydrogens (tertiary/aromatic N) is 1. The van der Waals surface area contributed by atoms with Crippen molar-refractivity contribution in [2.24, 2.45) is 28.9 Å². The van der Waals surface area contributed by atoms with Gasteiger partial charge in [0.05, 0.1) is 5.54 Å². The standard InChI is InChI=1S/C21H26ClN3O2/c1-20(15-4-2-3-5-16(15)22)11-25(19(27)24-20)17-13-6-12-7-14(17)10-21(8-12,9-13)18(23)26/h2-5,12-14,17H,6-11H2,1H3,(H2,23,26)(H,24,27). The van der Waals surface area contributed by atoms with E-state index in [4.69, 9.17) is 17.3 Å². The molecule has 1 aromatic rings. The molecule has 1 saturated heterocycles. The highest BCUT2D eigenvalue weighted by atomic mass is 35.5. The van der Waals surface area contributed by atoms with Crippen molar-refractivity contribution >= 4 is 23.5 Å². The zero-order valence-electron chi connectivity index (χ0n) is 15.6. The molecule has 3 N–H and O–H groups in total. The highest BCUT2D eigenvalue weighted by Gasteiger charge is 2.60. The Balaban J connectivity index is 1.44. The van der Waals surface area contributed by atoms with E-state index in [9.17, 15) is 9.59 Å². The lowest BCUT2D eigenvalue weighted by molar-refractivity contribution is -0.150. The Kier molecular flexibility index (Phi) is 3.62. The van der Waals surface area contributed by atoms with Crippen LogP contribution in [0.15, 0.2) is 24.3 Å². The molecule has 6 rings (SSSR count). The second-order valence-corrected chi connectivity index (χ2v) is 9.88. The molecule has 6 heteroatoms. The molecule has 5 nitrogen and oxygen atoms in total. The average Bonchev–Trinajstić information content (AvgIpc) is 2.90. The van der Waals surface area contributed by atoms with Gasteiger partial charge in [-0.3, -0.25) is 4.79 Å². The quantitative estimate of drug-likeness (QED) is 0.835. The summed E-state index contributed by atoms with van der Waals surface area (Å²) in [6, 6.07) is 7.92. The molecule has 4 aliphatic carbocycles. The predicted molar refractivity (Wildman–Crippen MR) is 103 cm³/mol. The third-order valence-electron chi connectivity index (χ3n) is 7.70. The predicted octanol–water partition coefficient (Wildman–Crippen LogP) is 3.26. The van der Waals surface area contributed by atoms with Crippen molar-refractivity contribution in [3.63, 3.8) is 0 Å². The molecule has 0 aromatic heterocycles. The summed E-state index contributed by atoms with van der Waals surface area (Å²) in [7, 11) is 0. The van der Waals surface area contributed by atoms with Gasteiger partial charge >= 0.3 is 6.03 Å². The van der Waals surface area contributed by atoms with Crippen LogP contribution in [0.25, 0.3) is 0 Å². The molecule has 5 fully saturated rings. The van der Waals surface area contributed by atoms with E-state index >= 15 is 0 Å². The molecule has 144 valence electrons. The van der Waals surface area contributed by atoms with Gasteiger partial charge in [-0.1, -0.05) is 29.8 Å². The summed E-state index contributed by atoms with van der Waals surface area (Å²) >= 11 is 6.43. The minimum absolute atomic E-state index is 0.0111. The number of primary amides is 1. The maximum atomic E-state index is 13.0. The van der Waals surface area contributed by atoms with Gasteiger partial charge in [0.15, 0.2) is 0 Å². The van der Waals surface area contributed by atoms with Crippen LogP contribution in [0.4, 0.5) is 4.79 Å². The fourth-order valence-corrected chi connectivity index (χ4v) is 7.21. The van der Waals surface area contributed by atoms with E-state index in [-0.39, 0.29) is 23.4 Å². The second kappa shape index (κ2) is 5.63. The summed E-state index contributed by atoms with van der Waals surface area (Å²) < 4.78 is 0. The Morgan fingerprint density at radius 2 is 1.89 bits per heavy atom. The average molecular weight is 388 g/mol. The molecule has 3 amide bonds. The van der Waals surface area contributed by atoms with Crippen molar-refractivity contribution in [1.82, 2.24) is 10.2 Å². The summed E-state index contributed by atoms with van der Waals surface area (Å²) in [4.78, 5) is 27.2. The van der Waals surface area contributed by atoms with E-state index in [1.54, 1.807) is 0 Å². The number of carbonyl (C=O) groups excluding carboxylic acids is 2. The fourth-order valence-electron chi connectivity index (χ4n) is 6.87. The third-order valence-corrected chi connectivity index (χ3v) is 8.03. The molecule has 4 saturated carbocycles. The van der Waals surface area contributed by atoms with Gasteiger partial charge < -0.3 is 16.0 Å². The number of halogens is 1. The molecule has 1 heterocycles. The summed E-state index contributed by atoms with van der Waals surface area (Å²) in [6.07, 6.45) is 4.86. The molecule has 27 heavy (non-hydrogen) atoms. The zero-order chi connectivity index (χ0) is 19.0. The topological polar surface area (TPSA) is 75.4 Å². The molecule has 4 bridgehead atoms. The number of hydrogen-bond acceptors (Lipinski definition) is 2. The smallest absolute Gasteiger partial charge is 0.318 e. The molecule has 1 aromatic carbocycles. The first-order chi connectivity index (χ1) is 12.8. The molecule has 0 radical (unpaired) electrons. The molecular formula is C21H26ClN3O2. The molecule has 3 atom stereocenters.